The maximum absolute atomic E-state index is 13.1. The number of carbonyl (C=O) groups excluding carboxylic acids is 3. The fourth-order valence-electron chi connectivity index (χ4n) is 3.10. The van der Waals surface area contributed by atoms with Crippen molar-refractivity contribution in [2.45, 2.75) is 20.4 Å². The summed E-state index contributed by atoms with van der Waals surface area (Å²) < 4.78 is 4.87. The van der Waals surface area contributed by atoms with Crippen LogP contribution in [0.4, 0.5) is 0 Å². The van der Waals surface area contributed by atoms with E-state index in [1.54, 1.807) is 13.8 Å². The molecule has 0 fully saturated rings. The third-order valence-electron chi connectivity index (χ3n) is 4.36. The number of aryl methyl sites for hydroxylation is 2. The lowest BCUT2D eigenvalue weighted by Gasteiger charge is -2.23. The van der Waals surface area contributed by atoms with Crippen molar-refractivity contribution in [3.8, 4) is 0 Å². The number of nitrogens with zero attached hydrogens (tertiary/aromatic N) is 1. The number of nitrogens with one attached hydrogen (secondary N) is 1. The summed E-state index contributed by atoms with van der Waals surface area (Å²) in [5, 5.41) is 3.03. The van der Waals surface area contributed by atoms with E-state index in [1.807, 2.05) is 30.3 Å². The summed E-state index contributed by atoms with van der Waals surface area (Å²) in [5.74, 6) is -1.53. The Labute approximate surface area is 164 Å². The normalized spacial score (nSPS) is 13.5. The van der Waals surface area contributed by atoms with Crippen LogP contribution in [0.2, 0.25) is 0 Å². The van der Waals surface area contributed by atoms with E-state index in [2.05, 4.69) is 26.2 Å². The second-order valence-corrected chi connectivity index (χ2v) is 6.88. The molecular weight excluding hydrogens is 412 g/mol. The number of ether oxygens (including phenoxy) is 1. The Morgan fingerprint density at radius 3 is 2.37 bits per heavy atom. The van der Waals surface area contributed by atoms with Crippen molar-refractivity contribution < 1.29 is 19.1 Å². The summed E-state index contributed by atoms with van der Waals surface area (Å²) in [6.45, 7) is 3.63. The number of hydrogen-bond acceptors (Lipinski definition) is 6. The van der Waals surface area contributed by atoms with E-state index < -0.39 is 11.8 Å². The molecule has 3 rings (SSSR count). The Bertz CT molecular complexity index is 997. The van der Waals surface area contributed by atoms with Crippen molar-refractivity contribution in [2.75, 3.05) is 7.11 Å². The highest BCUT2D eigenvalue weighted by Crippen LogP contribution is 2.33. The van der Waals surface area contributed by atoms with Gasteiger partial charge in [-0.15, -0.1) is 0 Å². The number of esters is 1. The predicted molar refractivity (Wildman–Crippen MR) is 103 cm³/mol. The quantitative estimate of drug-likeness (QED) is 0.752. The van der Waals surface area contributed by atoms with Crippen molar-refractivity contribution >= 4 is 33.5 Å². The molecule has 0 atom stereocenters. The zero-order valence-corrected chi connectivity index (χ0v) is 16.6. The standard InChI is InChI=1S/C20H17BrN2O4/c1-10-13-15(14(11(2)23-10)20(26)27-3)18(24)16(21)17(19(13)25)22-9-12-7-5-4-6-8-12/h4-8,22H,9H2,1-3H3. The molecule has 0 saturated carbocycles. The van der Waals surface area contributed by atoms with Gasteiger partial charge in [-0.2, -0.15) is 0 Å². The van der Waals surface area contributed by atoms with Gasteiger partial charge in [-0.3, -0.25) is 14.6 Å². The van der Waals surface area contributed by atoms with Gasteiger partial charge in [0.1, 0.15) is 5.70 Å². The van der Waals surface area contributed by atoms with Crippen molar-refractivity contribution in [3.63, 3.8) is 0 Å². The highest BCUT2D eigenvalue weighted by Gasteiger charge is 2.37. The minimum atomic E-state index is -0.696. The third kappa shape index (κ3) is 3.30. The van der Waals surface area contributed by atoms with Gasteiger partial charge in [-0.1, -0.05) is 30.3 Å². The van der Waals surface area contributed by atoms with Crippen LogP contribution in [0, 0.1) is 13.8 Å². The SMILES string of the molecule is COC(=O)c1c(C)nc(C)c2c1C(=O)C(Br)=C(NCc1ccccc1)C2=O. The summed E-state index contributed by atoms with van der Waals surface area (Å²) in [7, 11) is 1.22. The highest BCUT2D eigenvalue weighted by molar-refractivity contribution is 9.12. The first-order chi connectivity index (χ1) is 12.9. The number of rotatable bonds is 4. The molecule has 7 heteroatoms. The second kappa shape index (κ2) is 7.44. The number of Topliss-reactive ketones (excluding diaryl/α,β-unsaturated/α-hetero) is 2. The number of fused-ring (bicyclic) bond motifs is 1. The number of hydrogen-bond donors (Lipinski definition) is 1. The first kappa shape index (κ1) is 19.0. The van der Waals surface area contributed by atoms with Crippen LogP contribution >= 0.6 is 15.9 Å². The summed E-state index contributed by atoms with van der Waals surface area (Å²) in [6, 6.07) is 9.51. The number of ketones is 2. The van der Waals surface area contributed by atoms with Gasteiger partial charge < -0.3 is 10.1 Å². The minimum absolute atomic E-state index is 0.0236. The Hall–Kier alpha value is -2.80. The molecule has 1 aromatic carbocycles. The largest absolute Gasteiger partial charge is 0.465 e. The number of halogens is 1. The monoisotopic (exact) mass is 428 g/mol. The van der Waals surface area contributed by atoms with Crippen LogP contribution in [0.5, 0.6) is 0 Å². The van der Waals surface area contributed by atoms with Crippen molar-refractivity contribution in [2.24, 2.45) is 0 Å². The average molecular weight is 429 g/mol. The van der Waals surface area contributed by atoms with Crippen molar-refractivity contribution in [3.05, 3.63) is 74.2 Å². The van der Waals surface area contributed by atoms with E-state index in [4.69, 9.17) is 4.74 Å². The fourth-order valence-corrected chi connectivity index (χ4v) is 3.62. The van der Waals surface area contributed by atoms with E-state index in [0.29, 0.717) is 17.9 Å². The van der Waals surface area contributed by atoms with Crippen LogP contribution in [0.25, 0.3) is 0 Å². The molecule has 0 bridgehead atoms. The molecule has 1 heterocycles. The minimum Gasteiger partial charge on any atom is -0.465 e. The molecule has 0 saturated heterocycles. The Balaban J connectivity index is 2.08. The van der Waals surface area contributed by atoms with Crippen LogP contribution < -0.4 is 5.32 Å². The molecule has 1 aliphatic rings. The molecular formula is C20H17BrN2O4. The predicted octanol–water partition coefficient (Wildman–Crippen LogP) is 3.26. The molecule has 2 aromatic rings. The van der Waals surface area contributed by atoms with Gasteiger partial charge in [-0.05, 0) is 35.3 Å². The molecule has 0 aliphatic heterocycles. The highest BCUT2D eigenvalue weighted by atomic mass is 79.9. The van der Waals surface area contributed by atoms with E-state index in [-0.39, 0.29) is 32.7 Å². The third-order valence-corrected chi connectivity index (χ3v) is 5.12. The molecule has 1 aromatic heterocycles. The number of methoxy groups -OCH3 is 1. The first-order valence-corrected chi connectivity index (χ1v) is 9.02. The molecule has 0 radical (unpaired) electrons. The molecule has 0 spiro atoms. The lowest BCUT2D eigenvalue weighted by molar-refractivity contribution is 0.0596. The van der Waals surface area contributed by atoms with Crippen LogP contribution in [0.3, 0.4) is 0 Å². The first-order valence-electron chi connectivity index (χ1n) is 8.23. The molecule has 0 amide bonds. The Morgan fingerprint density at radius 1 is 1.07 bits per heavy atom. The summed E-state index contributed by atoms with van der Waals surface area (Å²) in [6.07, 6.45) is 0. The van der Waals surface area contributed by atoms with E-state index >= 15 is 0 Å². The maximum Gasteiger partial charge on any atom is 0.340 e. The number of aromatic nitrogens is 1. The van der Waals surface area contributed by atoms with Gasteiger partial charge in [-0.25, -0.2) is 4.79 Å². The van der Waals surface area contributed by atoms with Crippen LogP contribution in [0.1, 0.15) is 48.0 Å². The summed E-state index contributed by atoms with van der Waals surface area (Å²) in [5.41, 5.74) is 2.05. The van der Waals surface area contributed by atoms with Gasteiger partial charge in [0.05, 0.1) is 34.0 Å². The topological polar surface area (TPSA) is 85.4 Å². The van der Waals surface area contributed by atoms with Crippen LogP contribution in [-0.2, 0) is 11.3 Å². The number of carbonyl (C=O) groups is 3. The van der Waals surface area contributed by atoms with Gasteiger partial charge in [0, 0.05) is 12.2 Å². The van der Waals surface area contributed by atoms with E-state index in [1.165, 1.54) is 7.11 Å². The molecule has 1 aliphatic carbocycles. The Kier molecular flexibility index (Phi) is 5.23. The van der Waals surface area contributed by atoms with Crippen molar-refractivity contribution in [1.29, 1.82) is 0 Å². The average Bonchev–Trinajstić information content (AvgIpc) is 2.66. The molecule has 0 unspecified atom stereocenters. The number of pyridine rings is 1. The number of allylic oxidation sites excluding steroid dienone is 2. The molecule has 6 nitrogen and oxygen atoms in total. The molecule has 138 valence electrons. The second-order valence-electron chi connectivity index (χ2n) is 6.09. The Morgan fingerprint density at radius 2 is 1.74 bits per heavy atom. The van der Waals surface area contributed by atoms with Gasteiger partial charge in [0.25, 0.3) is 0 Å². The van der Waals surface area contributed by atoms with Gasteiger partial charge >= 0.3 is 5.97 Å². The van der Waals surface area contributed by atoms with E-state index in [0.717, 1.165) is 5.56 Å². The van der Waals surface area contributed by atoms with E-state index in [9.17, 15) is 14.4 Å². The summed E-state index contributed by atoms with van der Waals surface area (Å²) in [4.78, 5) is 42.6. The van der Waals surface area contributed by atoms with Crippen molar-refractivity contribution in [1.82, 2.24) is 10.3 Å². The van der Waals surface area contributed by atoms with Crippen LogP contribution in [0.15, 0.2) is 40.5 Å². The maximum atomic E-state index is 13.1. The zero-order chi connectivity index (χ0) is 19.7. The van der Waals surface area contributed by atoms with Gasteiger partial charge in [0.2, 0.25) is 11.6 Å². The lowest BCUT2D eigenvalue weighted by atomic mass is 9.87. The summed E-state index contributed by atoms with van der Waals surface area (Å²) >= 11 is 3.23. The molecule has 1 N–H and O–H groups in total. The lowest BCUT2D eigenvalue weighted by Crippen LogP contribution is -2.32. The smallest absolute Gasteiger partial charge is 0.340 e. The molecule has 27 heavy (non-hydrogen) atoms. The zero-order valence-electron chi connectivity index (χ0n) is 15.1. The van der Waals surface area contributed by atoms with Crippen LogP contribution in [-0.4, -0.2) is 29.6 Å². The number of benzene rings is 1. The van der Waals surface area contributed by atoms with Gasteiger partial charge in [0.15, 0.2) is 0 Å². The fraction of sp³-hybridized carbons (Fsp3) is 0.200.